The number of aromatic nitrogens is 3. The van der Waals surface area contributed by atoms with Gasteiger partial charge in [-0.2, -0.15) is 10.2 Å². The van der Waals surface area contributed by atoms with Crippen LogP contribution in [0.1, 0.15) is 62.7 Å². The summed E-state index contributed by atoms with van der Waals surface area (Å²) in [4.78, 5) is 21.2. The molecule has 1 aliphatic heterocycles. The molecule has 1 fully saturated rings. The van der Waals surface area contributed by atoms with Crippen LogP contribution in [0.25, 0.3) is 11.0 Å². The maximum absolute atomic E-state index is 13.7. The van der Waals surface area contributed by atoms with Gasteiger partial charge in [-0.3, -0.25) is 4.57 Å². The summed E-state index contributed by atoms with van der Waals surface area (Å²) < 4.78 is 48.5. The van der Waals surface area contributed by atoms with E-state index in [0.29, 0.717) is 17.1 Å². The topological polar surface area (TPSA) is 142 Å². The number of nitrogens with zero attached hydrogens (tertiary/aromatic N) is 4. The standard InChI is InChI=1S/C43H52N5O8P/c1-28(2)48(29(3)4)57(54-24-12-23-44)56-38-37(55-41(39(38)52-8)47-26-31-25-30(5)45-40(31)46-42(47)49)27-53-43(32-13-10-9-11-14-32,33-15-19-35(50-6)20-16-33)34-17-21-36(51-7)22-18-34/h9-11,13-22,25-26,28-29,37-39,41H,12,24,27H2,1-8H3,(H,45,46,49)/t37-,38-,39-,41-,57?/m1/s1. The van der Waals surface area contributed by atoms with Crippen LogP contribution in [0.2, 0.25) is 0 Å². The van der Waals surface area contributed by atoms with E-state index < -0.39 is 44.4 Å². The van der Waals surface area contributed by atoms with Crippen molar-refractivity contribution in [2.24, 2.45) is 0 Å². The van der Waals surface area contributed by atoms with E-state index >= 15 is 0 Å². The van der Waals surface area contributed by atoms with Gasteiger partial charge in [0.15, 0.2) is 6.23 Å². The summed E-state index contributed by atoms with van der Waals surface area (Å²) in [6.07, 6.45) is -1.41. The van der Waals surface area contributed by atoms with E-state index in [4.69, 9.17) is 32.7 Å². The Kier molecular flexibility index (Phi) is 13.8. The Morgan fingerprint density at radius 1 is 0.912 bits per heavy atom. The highest BCUT2D eigenvalue weighted by molar-refractivity contribution is 7.44. The maximum Gasteiger partial charge on any atom is 0.351 e. The number of H-pyrrole nitrogens is 1. The van der Waals surface area contributed by atoms with Crippen molar-refractivity contribution in [1.29, 1.82) is 5.26 Å². The molecule has 3 aromatic carbocycles. The quantitative estimate of drug-likeness (QED) is 0.0531. The van der Waals surface area contributed by atoms with Crippen LogP contribution < -0.4 is 15.2 Å². The second kappa shape index (κ2) is 18.7. The number of aromatic amines is 1. The monoisotopic (exact) mass is 797 g/mol. The molecule has 3 heterocycles. The predicted molar refractivity (Wildman–Crippen MR) is 218 cm³/mol. The predicted octanol–water partition coefficient (Wildman–Crippen LogP) is 7.63. The average Bonchev–Trinajstić information content (AvgIpc) is 3.75. The van der Waals surface area contributed by atoms with Crippen molar-refractivity contribution >= 4 is 19.6 Å². The number of hydrogen-bond donors (Lipinski definition) is 1. The molecule has 5 atom stereocenters. The van der Waals surface area contributed by atoms with Gasteiger partial charge >= 0.3 is 5.69 Å². The Bertz CT molecular complexity index is 2100. The van der Waals surface area contributed by atoms with Gasteiger partial charge in [0, 0.05) is 36.5 Å². The molecule has 57 heavy (non-hydrogen) atoms. The number of hydrogen-bond acceptors (Lipinski definition) is 11. The van der Waals surface area contributed by atoms with Crippen LogP contribution in [-0.2, 0) is 28.9 Å². The normalized spacial score (nSPS) is 19.1. The first-order valence-electron chi connectivity index (χ1n) is 19.0. The minimum absolute atomic E-state index is 0.00755. The highest BCUT2D eigenvalue weighted by Crippen LogP contribution is 2.51. The molecule has 0 amide bonds. The summed E-state index contributed by atoms with van der Waals surface area (Å²) in [6, 6.07) is 29.7. The molecular formula is C43H52N5O8P. The highest BCUT2D eigenvalue weighted by Gasteiger charge is 2.51. The number of fused-ring (bicyclic) bond motifs is 1. The van der Waals surface area contributed by atoms with E-state index in [-0.39, 0.29) is 31.7 Å². The molecule has 0 spiro atoms. The molecule has 0 radical (unpaired) electrons. The number of aryl methyl sites for hydroxylation is 1. The van der Waals surface area contributed by atoms with Crippen molar-refractivity contribution in [2.75, 3.05) is 34.5 Å². The van der Waals surface area contributed by atoms with Gasteiger partial charge < -0.3 is 37.7 Å². The van der Waals surface area contributed by atoms with Gasteiger partial charge in [0.05, 0.1) is 39.9 Å². The molecule has 6 rings (SSSR count). The van der Waals surface area contributed by atoms with Crippen LogP contribution in [0.5, 0.6) is 11.5 Å². The third kappa shape index (κ3) is 8.93. The molecule has 302 valence electrons. The molecule has 0 saturated carbocycles. The Morgan fingerprint density at radius 2 is 1.51 bits per heavy atom. The molecule has 1 aliphatic rings. The largest absolute Gasteiger partial charge is 0.497 e. The van der Waals surface area contributed by atoms with E-state index in [1.807, 2.05) is 91.9 Å². The molecule has 2 aromatic heterocycles. The van der Waals surface area contributed by atoms with Crippen LogP contribution in [0, 0.1) is 18.3 Å². The van der Waals surface area contributed by atoms with Crippen molar-refractivity contribution in [3.63, 3.8) is 0 Å². The lowest BCUT2D eigenvalue weighted by atomic mass is 9.80. The molecule has 0 aliphatic carbocycles. The molecule has 5 aromatic rings. The van der Waals surface area contributed by atoms with Crippen molar-refractivity contribution in [2.45, 2.75) is 83.3 Å². The van der Waals surface area contributed by atoms with Gasteiger partial charge in [0.2, 0.25) is 0 Å². The smallest absolute Gasteiger partial charge is 0.351 e. The number of nitrogens with one attached hydrogen (secondary N) is 1. The number of rotatable bonds is 18. The third-order valence-corrected chi connectivity index (χ3v) is 12.1. The highest BCUT2D eigenvalue weighted by atomic mass is 31.2. The SMILES string of the molecule is COc1ccc(C(OC[C@H]2O[C@@H](n3cc4cc(C)[nH]c4nc3=O)[C@H](OC)[C@@H]2OP(OCCC#N)N(C(C)C)C(C)C)(c2ccccc2)c2ccc(OC)cc2)cc1. The van der Waals surface area contributed by atoms with Crippen LogP contribution in [0.15, 0.2) is 95.9 Å². The number of nitriles is 1. The van der Waals surface area contributed by atoms with Gasteiger partial charge in [0.1, 0.15) is 41.1 Å². The molecular weight excluding hydrogens is 745 g/mol. The molecule has 1 saturated heterocycles. The summed E-state index contributed by atoms with van der Waals surface area (Å²) in [5, 5.41) is 10.2. The van der Waals surface area contributed by atoms with E-state index in [2.05, 4.69) is 48.4 Å². The molecule has 14 heteroatoms. The number of methoxy groups -OCH3 is 3. The van der Waals surface area contributed by atoms with Crippen LogP contribution in [-0.4, -0.2) is 84.1 Å². The fraction of sp³-hybridized carbons (Fsp3) is 0.419. The minimum Gasteiger partial charge on any atom is -0.497 e. The lowest BCUT2D eigenvalue weighted by molar-refractivity contribution is -0.0956. The summed E-state index contributed by atoms with van der Waals surface area (Å²) in [6.45, 7) is 10.4. The minimum atomic E-state index is -1.76. The van der Waals surface area contributed by atoms with E-state index in [9.17, 15) is 10.1 Å². The van der Waals surface area contributed by atoms with E-state index in [1.54, 1.807) is 27.5 Å². The Labute approximate surface area is 335 Å². The van der Waals surface area contributed by atoms with E-state index in [0.717, 1.165) is 27.8 Å². The average molecular weight is 798 g/mol. The molecule has 13 nitrogen and oxygen atoms in total. The van der Waals surface area contributed by atoms with Gasteiger partial charge in [-0.15, -0.1) is 0 Å². The second-order valence-corrected chi connectivity index (χ2v) is 15.8. The van der Waals surface area contributed by atoms with Crippen molar-refractivity contribution < 1.29 is 32.7 Å². The summed E-state index contributed by atoms with van der Waals surface area (Å²) >= 11 is 0. The summed E-state index contributed by atoms with van der Waals surface area (Å²) in [7, 11) is 3.08. The number of benzene rings is 3. The van der Waals surface area contributed by atoms with Crippen molar-refractivity contribution in [3.8, 4) is 17.6 Å². The summed E-state index contributed by atoms with van der Waals surface area (Å²) in [5.41, 5.74) is 2.24. The zero-order valence-corrected chi connectivity index (χ0v) is 34.6. The van der Waals surface area contributed by atoms with Crippen LogP contribution in [0.4, 0.5) is 0 Å². The van der Waals surface area contributed by atoms with Crippen molar-refractivity contribution in [3.05, 3.63) is 124 Å². The molecule has 1 N–H and O–H groups in total. The number of ether oxygens (including phenoxy) is 5. The van der Waals surface area contributed by atoms with E-state index in [1.165, 1.54) is 4.57 Å². The summed E-state index contributed by atoms with van der Waals surface area (Å²) in [5.74, 6) is 1.40. The second-order valence-electron chi connectivity index (χ2n) is 14.4. The fourth-order valence-electron chi connectivity index (χ4n) is 7.45. The fourth-order valence-corrected chi connectivity index (χ4v) is 9.22. The Morgan fingerprint density at radius 3 is 2.05 bits per heavy atom. The first-order valence-corrected chi connectivity index (χ1v) is 20.2. The first-order chi connectivity index (χ1) is 27.5. The van der Waals surface area contributed by atoms with Crippen molar-refractivity contribution in [1.82, 2.24) is 19.2 Å². The van der Waals surface area contributed by atoms with Gasteiger partial charge in [-0.05, 0) is 81.6 Å². The van der Waals surface area contributed by atoms with Crippen LogP contribution in [0.3, 0.4) is 0 Å². The molecule has 0 bridgehead atoms. The van der Waals surface area contributed by atoms with Crippen LogP contribution >= 0.6 is 8.53 Å². The van der Waals surface area contributed by atoms with Gasteiger partial charge in [-0.25, -0.2) is 9.46 Å². The molecule has 1 unspecified atom stereocenters. The van der Waals surface area contributed by atoms with Gasteiger partial charge in [0.25, 0.3) is 8.53 Å². The first kappa shape index (κ1) is 42.0. The van der Waals surface area contributed by atoms with Gasteiger partial charge in [-0.1, -0.05) is 54.6 Å². The lowest BCUT2D eigenvalue weighted by Crippen LogP contribution is -2.43. The lowest BCUT2D eigenvalue weighted by Gasteiger charge is -2.39. The zero-order chi connectivity index (χ0) is 40.7. The third-order valence-electron chi connectivity index (χ3n) is 10.0. The Balaban J connectivity index is 1.48. The Hall–Kier alpha value is -4.64. The maximum atomic E-state index is 13.7. The zero-order valence-electron chi connectivity index (χ0n) is 33.7.